The van der Waals surface area contributed by atoms with Gasteiger partial charge < -0.3 is 14.8 Å². The Balaban J connectivity index is 2.12. The van der Waals surface area contributed by atoms with Crippen LogP contribution in [0.5, 0.6) is 11.5 Å². The molecule has 0 aliphatic rings. The maximum atomic E-state index is 11.6. The number of hydrogen-bond donors (Lipinski definition) is 1. The van der Waals surface area contributed by atoms with E-state index in [1.165, 1.54) is 7.11 Å². The van der Waals surface area contributed by atoms with Crippen molar-refractivity contribution in [1.82, 2.24) is 5.32 Å². The van der Waals surface area contributed by atoms with Crippen LogP contribution >= 0.6 is 11.6 Å². The Hall–Kier alpha value is -2.20. The molecule has 2 aromatic carbocycles. The van der Waals surface area contributed by atoms with Gasteiger partial charge >= 0.3 is 0 Å². The fourth-order valence-corrected chi connectivity index (χ4v) is 1.94. The Kier molecular flexibility index (Phi) is 5.06. The summed E-state index contributed by atoms with van der Waals surface area (Å²) in [6.45, 7) is 0.396. The second-order valence-corrected chi connectivity index (χ2v) is 4.80. The molecule has 2 rings (SSSR count). The van der Waals surface area contributed by atoms with Crippen LogP contribution in [0.25, 0.3) is 0 Å². The first-order chi connectivity index (χ1) is 10.1. The van der Waals surface area contributed by atoms with E-state index < -0.39 is 0 Å². The summed E-state index contributed by atoms with van der Waals surface area (Å²) >= 11 is 5.84. The third-order valence-corrected chi connectivity index (χ3v) is 3.21. The molecule has 0 saturated heterocycles. The third kappa shape index (κ3) is 3.89. The summed E-state index contributed by atoms with van der Waals surface area (Å²) in [6.07, 6.45) is 0. The molecule has 0 fully saturated rings. The van der Waals surface area contributed by atoms with Gasteiger partial charge in [0, 0.05) is 17.6 Å². The van der Waals surface area contributed by atoms with E-state index in [0.717, 1.165) is 5.56 Å². The zero-order valence-electron chi connectivity index (χ0n) is 11.9. The molecule has 0 bridgehead atoms. The summed E-state index contributed by atoms with van der Waals surface area (Å²) in [6, 6.07) is 12.5. The molecule has 0 heterocycles. The molecule has 1 N–H and O–H groups in total. The fraction of sp³-hybridized carbons (Fsp3) is 0.188. The first kappa shape index (κ1) is 15.2. The number of rotatable bonds is 5. The van der Waals surface area contributed by atoms with E-state index in [1.807, 2.05) is 24.3 Å². The van der Waals surface area contributed by atoms with Crippen LogP contribution < -0.4 is 14.8 Å². The van der Waals surface area contributed by atoms with Gasteiger partial charge in [-0.3, -0.25) is 4.79 Å². The topological polar surface area (TPSA) is 47.6 Å². The van der Waals surface area contributed by atoms with Gasteiger partial charge in [0.2, 0.25) is 0 Å². The molecule has 2 aromatic rings. The van der Waals surface area contributed by atoms with Gasteiger partial charge in [0.15, 0.2) is 11.5 Å². The van der Waals surface area contributed by atoms with Crippen LogP contribution in [-0.4, -0.2) is 20.1 Å². The second kappa shape index (κ2) is 6.99. The van der Waals surface area contributed by atoms with Crippen molar-refractivity contribution in [2.24, 2.45) is 0 Å². The number of halogens is 1. The molecule has 4 nitrogen and oxygen atoms in total. The monoisotopic (exact) mass is 305 g/mol. The highest BCUT2D eigenvalue weighted by Gasteiger charge is 2.10. The van der Waals surface area contributed by atoms with E-state index in [0.29, 0.717) is 28.7 Å². The third-order valence-electron chi connectivity index (χ3n) is 2.96. The summed E-state index contributed by atoms with van der Waals surface area (Å²) in [5.74, 6) is 0.933. The Morgan fingerprint density at radius 2 is 1.86 bits per heavy atom. The van der Waals surface area contributed by atoms with Crippen molar-refractivity contribution < 1.29 is 14.3 Å². The lowest BCUT2D eigenvalue weighted by Crippen LogP contribution is -2.17. The van der Waals surface area contributed by atoms with Crippen LogP contribution in [0.2, 0.25) is 5.02 Å². The van der Waals surface area contributed by atoms with Crippen molar-refractivity contribution in [3.63, 3.8) is 0 Å². The highest BCUT2D eigenvalue weighted by Crippen LogP contribution is 2.29. The van der Waals surface area contributed by atoms with Crippen molar-refractivity contribution >= 4 is 17.5 Å². The number of methoxy groups -OCH3 is 1. The lowest BCUT2D eigenvalue weighted by molar-refractivity contribution is 0.0962. The van der Waals surface area contributed by atoms with E-state index >= 15 is 0 Å². The van der Waals surface area contributed by atoms with Crippen LogP contribution in [0.3, 0.4) is 0 Å². The zero-order valence-corrected chi connectivity index (χ0v) is 12.6. The average molecular weight is 306 g/mol. The van der Waals surface area contributed by atoms with E-state index in [-0.39, 0.29) is 5.91 Å². The Morgan fingerprint density at radius 3 is 2.48 bits per heavy atom. The number of benzene rings is 2. The Labute approximate surface area is 128 Å². The molecule has 110 valence electrons. The minimum absolute atomic E-state index is 0.169. The number of carbonyl (C=O) groups is 1. The van der Waals surface area contributed by atoms with Crippen molar-refractivity contribution in [3.05, 3.63) is 58.6 Å². The zero-order chi connectivity index (χ0) is 15.2. The Morgan fingerprint density at radius 1 is 1.14 bits per heavy atom. The Bertz CT molecular complexity index is 626. The van der Waals surface area contributed by atoms with E-state index in [4.69, 9.17) is 21.1 Å². The highest BCUT2D eigenvalue weighted by molar-refractivity contribution is 6.30. The van der Waals surface area contributed by atoms with Gasteiger partial charge in [-0.25, -0.2) is 0 Å². The molecule has 0 atom stereocenters. The van der Waals surface area contributed by atoms with Crippen molar-refractivity contribution in [1.29, 1.82) is 0 Å². The lowest BCUT2D eigenvalue weighted by atomic mass is 10.2. The summed E-state index contributed by atoms with van der Waals surface area (Å²) < 4.78 is 11.0. The molecule has 0 saturated carbocycles. The predicted octanol–water partition coefficient (Wildman–Crippen LogP) is 3.29. The first-order valence-electron chi connectivity index (χ1n) is 6.41. The van der Waals surface area contributed by atoms with E-state index in [1.54, 1.807) is 25.2 Å². The van der Waals surface area contributed by atoms with Gasteiger partial charge in [0.25, 0.3) is 5.91 Å². The summed E-state index contributed by atoms with van der Waals surface area (Å²) in [5.41, 5.74) is 1.52. The highest BCUT2D eigenvalue weighted by atomic mass is 35.5. The molecule has 5 heteroatoms. The van der Waals surface area contributed by atoms with Crippen molar-refractivity contribution in [3.8, 4) is 11.5 Å². The number of ether oxygens (including phenoxy) is 2. The fourth-order valence-electron chi connectivity index (χ4n) is 1.81. The number of carbonyl (C=O) groups excluding carboxylic acids is 1. The van der Waals surface area contributed by atoms with Gasteiger partial charge in [-0.05, 0) is 35.9 Å². The van der Waals surface area contributed by atoms with Gasteiger partial charge in [-0.1, -0.05) is 23.7 Å². The van der Waals surface area contributed by atoms with Gasteiger partial charge in [0.1, 0.15) is 6.61 Å². The summed E-state index contributed by atoms with van der Waals surface area (Å²) in [7, 11) is 3.12. The van der Waals surface area contributed by atoms with Crippen molar-refractivity contribution in [2.75, 3.05) is 14.2 Å². The minimum Gasteiger partial charge on any atom is -0.493 e. The average Bonchev–Trinajstić information content (AvgIpc) is 2.53. The first-order valence-corrected chi connectivity index (χ1v) is 6.79. The van der Waals surface area contributed by atoms with Gasteiger partial charge in [0.05, 0.1) is 7.11 Å². The molecular weight excluding hydrogens is 290 g/mol. The molecular formula is C16H16ClNO3. The molecule has 21 heavy (non-hydrogen) atoms. The van der Waals surface area contributed by atoms with Gasteiger partial charge in [-0.15, -0.1) is 0 Å². The lowest BCUT2D eigenvalue weighted by Gasteiger charge is -2.12. The molecule has 0 spiro atoms. The van der Waals surface area contributed by atoms with Crippen LogP contribution in [0.1, 0.15) is 15.9 Å². The summed E-state index contributed by atoms with van der Waals surface area (Å²) in [5, 5.41) is 3.25. The standard InChI is InChI=1S/C16H16ClNO3/c1-18-16(19)12-5-8-14(15(9-12)20-2)21-10-11-3-6-13(17)7-4-11/h3-9H,10H2,1-2H3,(H,18,19). The van der Waals surface area contributed by atoms with Crippen LogP contribution in [-0.2, 0) is 6.61 Å². The van der Waals surface area contributed by atoms with E-state index in [2.05, 4.69) is 5.32 Å². The summed E-state index contributed by atoms with van der Waals surface area (Å²) in [4.78, 5) is 11.6. The smallest absolute Gasteiger partial charge is 0.251 e. The molecule has 0 aliphatic heterocycles. The minimum atomic E-state index is -0.169. The quantitative estimate of drug-likeness (QED) is 0.922. The molecule has 0 aliphatic carbocycles. The normalized spacial score (nSPS) is 10.0. The predicted molar refractivity (Wildman–Crippen MR) is 82.2 cm³/mol. The largest absolute Gasteiger partial charge is 0.493 e. The molecule has 0 radical (unpaired) electrons. The maximum absolute atomic E-state index is 11.6. The second-order valence-electron chi connectivity index (χ2n) is 4.36. The maximum Gasteiger partial charge on any atom is 0.251 e. The SMILES string of the molecule is CNC(=O)c1ccc(OCc2ccc(Cl)cc2)c(OC)c1. The van der Waals surface area contributed by atoms with Gasteiger partial charge in [-0.2, -0.15) is 0 Å². The van der Waals surface area contributed by atoms with Crippen LogP contribution in [0.15, 0.2) is 42.5 Å². The number of amides is 1. The van der Waals surface area contributed by atoms with E-state index in [9.17, 15) is 4.79 Å². The number of hydrogen-bond acceptors (Lipinski definition) is 3. The molecule has 1 amide bonds. The number of nitrogens with one attached hydrogen (secondary N) is 1. The van der Waals surface area contributed by atoms with Crippen molar-refractivity contribution in [2.45, 2.75) is 6.61 Å². The molecule has 0 aromatic heterocycles. The van der Waals surface area contributed by atoms with Crippen LogP contribution in [0.4, 0.5) is 0 Å². The molecule has 0 unspecified atom stereocenters. The van der Waals surface area contributed by atoms with Crippen LogP contribution in [0, 0.1) is 0 Å².